The highest BCUT2D eigenvalue weighted by molar-refractivity contribution is 6.03. The number of benzene rings is 1. The van der Waals surface area contributed by atoms with E-state index in [2.05, 4.69) is 10.3 Å². The van der Waals surface area contributed by atoms with E-state index in [1.165, 1.54) is 16.8 Å². The van der Waals surface area contributed by atoms with Gasteiger partial charge in [0, 0.05) is 11.8 Å². The lowest BCUT2D eigenvalue weighted by Crippen LogP contribution is -2.35. The topological polar surface area (TPSA) is 112 Å². The van der Waals surface area contributed by atoms with E-state index in [4.69, 9.17) is 14.2 Å². The Kier molecular flexibility index (Phi) is 4.76. The van der Waals surface area contributed by atoms with Crippen molar-refractivity contribution in [3.63, 3.8) is 0 Å². The Morgan fingerprint density at radius 1 is 1.21 bits per heavy atom. The van der Waals surface area contributed by atoms with E-state index < -0.39 is 36.0 Å². The number of fused-ring (bicyclic) bond motifs is 1. The van der Waals surface area contributed by atoms with E-state index >= 15 is 0 Å². The zero-order valence-electron chi connectivity index (χ0n) is 15.4. The number of carbonyl (C=O) groups is 1. The van der Waals surface area contributed by atoms with Crippen LogP contribution < -0.4 is 11.0 Å². The van der Waals surface area contributed by atoms with Crippen LogP contribution >= 0.6 is 0 Å². The molecule has 9 heteroatoms. The minimum Gasteiger partial charge on any atom is -0.394 e. The van der Waals surface area contributed by atoms with Crippen molar-refractivity contribution in [3.05, 3.63) is 58.6 Å². The van der Waals surface area contributed by atoms with Crippen LogP contribution in [0.1, 0.15) is 30.4 Å². The number of amides is 1. The molecule has 4 atom stereocenters. The molecule has 2 fully saturated rings. The monoisotopic (exact) mass is 387 g/mol. The third kappa shape index (κ3) is 3.45. The van der Waals surface area contributed by atoms with Gasteiger partial charge in [-0.2, -0.15) is 4.98 Å². The van der Waals surface area contributed by atoms with Gasteiger partial charge in [0.15, 0.2) is 12.0 Å². The molecule has 2 aromatic rings. The van der Waals surface area contributed by atoms with Crippen LogP contribution in [0.4, 0.5) is 5.82 Å². The minimum atomic E-state index is -0.842. The van der Waals surface area contributed by atoms with Crippen LogP contribution in [0.25, 0.3) is 0 Å². The maximum Gasteiger partial charge on any atom is 0.351 e. The second-order valence-corrected chi connectivity index (χ2v) is 7.14. The molecule has 2 aliphatic heterocycles. The molecule has 2 aliphatic rings. The van der Waals surface area contributed by atoms with Crippen LogP contribution in [0.15, 0.2) is 47.4 Å². The van der Waals surface area contributed by atoms with Gasteiger partial charge in [-0.3, -0.25) is 9.36 Å². The number of aliphatic hydroxyl groups is 1. The maximum atomic E-state index is 12.6. The standard InChI is InChI=1S/C19H21N3O6/c1-19(2)27-14-12(10-23)26-17(15(14)28-19)22-9-8-13(21-18(22)25)20-16(24)11-6-4-3-5-7-11/h3-9,12,14-15,17,23H,10H2,1-2H3,(H,20,21,24,25)/t12-,14+,15+,17-/m0/s1. The summed E-state index contributed by atoms with van der Waals surface area (Å²) in [7, 11) is 0. The molecule has 1 aromatic carbocycles. The van der Waals surface area contributed by atoms with Crippen molar-refractivity contribution in [2.24, 2.45) is 0 Å². The van der Waals surface area contributed by atoms with Gasteiger partial charge in [-0.1, -0.05) is 18.2 Å². The van der Waals surface area contributed by atoms with Crippen LogP contribution in [0.5, 0.6) is 0 Å². The summed E-state index contributed by atoms with van der Waals surface area (Å²) in [6, 6.07) is 10.1. The van der Waals surface area contributed by atoms with Crippen molar-refractivity contribution in [1.29, 1.82) is 0 Å². The Morgan fingerprint density at radius 2 is 1.93 bits per heavy atom. The van der Waals surface area contributed by atoms with Crippen molar-refractivity contribution < 1.29 is 24.1 Å². The van der Waals surface area contributed by atoms with E-state index in [9.17, 15) is 14.7 Å². The van der Waals surface area contributed by atoms with Gasteiger partial charge in [0.1, 0.15) is 24.1 Å². The maximum absolute atomic E-state index is 12.6. The largest absolute Gasteiger partial charge is 0.394 e. The van der Waals surface area contributed by atoms with Crippen LogP contribution in [-0.2, 0) is 14.2 Å². The molecule has 0 unspecified atom stereocenters. The Balaban J connectivity index is 1.55. The fourth-order valence-corrected chi connectivity index (χ4v) is 3.48. The van der Waals surface area contributed by atoms with E-state index in [1.54, 1.807) is 44.2 Å². The fraction of sp³-hybridized carbons (Fsp3) is 0.421. The third-order valence-electron chi connectivity index (χ3n) is 4.69. The molecule has 0 aliphatic carbocycles. The third-order valence-corrected chi connectivity index (χ3v) is 4.69. The molecule has 28 heavy (non-hydrogen) atoms. The predicted molar refractivity (Wildman–Crippen MR) is 97.7 cm³/mol. The number of aliphatic hydroxyl groups excluding tert-OH is 1. The molecule has 4 rings (SSSR count). The molecule has 1 amide bonds. The highest BCUT2D eigenvalue weighted by atomic mass is 16.8. The van der Waals surface area contributed by atoms with Gasteiger partial charge in [0.05, 0.1) is 6.61 Å². The lowest BCUT2D eigenvalue weighted by Gasteiger charge is -2.24. The van der Waals surface area contributed by atoms with Crippen LogP contribution in [0.3, 0.4) is 0 Å². The molecule has 9 nitrogen and oxygen atoms in total. The molecule has 0 spiro atoms. The van der Waals surface area contributed by atoms with Crippen molar-refractivity contribution in [2.45, 2.75) is 44.2 Å². The summed E-state index contributed by atoms with van der Waals surface area (Å²) < 4.78 is 18.7. The smallest absolute Gasteiger partial charge is 0.351 e. The molecule has 148 valence electrons. The average molecular weight is 387 g/mol. The molecule has 0 bridgehead atoms. The van der Waals surface area contributed by atoms with Crippen molar-refractivity contribution >= 4 is 11.7 Å². The summed E-state index contributed by atoms with van der Waals surface area (Å²) in [5.41, 5.74) is -0.151. The van der Waals surface area contributed by atoms with Gasteiger partial charge in [-0.05, 0) is 32.0 Å². The number of nitrogens with one attached hydrogen (secondary N) is 1. The van der Waals surface area contributed by atoms with Crippen LogP contribution in [0, 0.1) is 0 Å². The number of anilines is 1. The molecule has 0 radical (unpaired) electrons. The molecular formula is C19H21N3O6. The highest BCUT2D eigenvalue weighted by Crippen LogP contribution is 2.42. The first kappa shape index (κ1) is 18.8. The van der Waals surface area contributed by atoms with E-state index in [0.717, 1.165) is 0 Å². The van der Waals surface area contributed by atoms with Crippen LogP contribution in [-0.4, -0.2) is 51.3 Å². The Labute approximate surface area is 160 Å². The number of hydrogen-bond acceptors (Lipinski definition) is 7. The van der Waals surface area contributed by atoms with Gasteiger partial charge in [-0.25, -0.2) is 4.79 Å². The first-order chi connectivity index (χ1) is 13.4. The van der Waals surface area contributed by atoms with Crippen molar-refractivity contribution in [2.75, 3.05) is 11.9 Å². The van der Waals surface area contributed by atoms with Gasteiger partial charge in [-0.15, -0.1) is 0 Å². The summed E-state index contributed by atoms with van der Waals surface area (Å²) >= 11 is 0. The Morgan fingerprint density at radius 3 is 2.61 bits per heavy atom. The number of nitrogens with zero attached hydrogens (tertiary/aromatic N) is 2. The lowest BCUT2D eigenvalue weighted by atomic mass is 10.1. The molecule has 1 aromatic heterocycles. The minimum absolute atomic E-state index is 0.132. The lowest BCUT2D eigenvalue weighted by molar-refractivity contribution is -0.200. The molecular weight excluding hydrogens is 366 g/mol. The summed E-state index contributed by atoms with van der Waals surface area (Å²) in [4.78, 5) is 28.7. The molecule has 2 N–H and O–H groups in total. The quantitative estimate of drug-likeness (QED) is 0.802. The fourth-order valence-electron chi connectivity index (χ4n) is 3.48. The first-order valence-electron chi connectivity index (χ1n) is 8.95. The van der Waals surface area contributed by atoms with Gasteiger partial charge in [0.25, 0.3) is 5.91 Å². The Hall–Kier alpha value is -2.59. The summed E-state index contributed by atoms with van der Waals surface area (Å²) in [6.45, 7) is 3.27. The zero-order chi connectivity index (χ0) is 19.9. The van der Waals surface area contributed by atoms with Gasteiger partial charge in [0.2, 0.25) is 0 Å². The predicted octanol–water partition coefficient (Wildman–Crippen LogP) is 0.905. The van der Waals surface area contributed by atoms with Gasteiger partial charge < -0.3 is 24.6 Å². The molecule has 2 saturated heterocycles. The van der Waals surface area contributed by atoms with Crippen molar-refractivity contribution in [3.8, 4) is 0 Å². The summed E-state index contributed by atoms with van der Waals surface area (Å²) in [6.07, 6.45) is -0.971. The molecule has 0 saturated carbocycles. The van der Waals surface area contributed by atoms with Crippen LogP contribution in [0.2, 0.25) is 0 Å². The second-order valence-electron chi connectivity index (χ2n) is 7.14. The van der Waals surface area contributed by atoms with E-state index in [0.29, 0.717) is 5.56 Å². The normalized spacial score (nSPS) is 28.1. The highest BCUT2D eigenvalue weighted by Gasteiger charge is 2.55. The Bertz CT molecular complexity index is 929. The first-order valence-corrected chi connectivity index (χ1v) is 8.95. The number of carbonyl (C=O) groups excluding carboxylic acids is 1. The number of ether oxygens (including phenoxy) is 3. The number of aromatic nitrogens is 2. The van der Waals surface area contributed by atoms with E-state index in [1.807, 2.05) is 0 Å². The SMILES string of the molecule is CC1(C)O[C@@H]2[C@H](O1)[C@H](CO)O[C@@H]2n1ccc(NC(=O)c2ccccc2)nc1=O. The summed E-state index contributed by atoms with van der Waals surface area (Å²) in [5, 5.41) is 12.2. The number of hydrogen-bond donors (Lipinski definition) is 2. The molecule has 3 heterocycles. The van der Waals surface area contributed by atoms with Crippen molar-refractivity contribution in [1.82, 2.24) is 9.55 Å². The summed E-state index contributed by atoms with van der Waals surface area (Å²) in [5.74, 6) is -1.07. The van der Waals surface area contributed by atoms with E-state index in [-0.39, 0.29) is 18.3 Å². The number of rotatable bonds is 4. The van der Waals surface area contributed by atoms with Gasteiger partial charge >= 0.3 is 5.69 Å². The zero-order valence-corrected chi connectivity index (χ0v) is 15.4. The second kappa shape index (κ2) is 7.10. The average Bonchev–Trinajstić information content (AvgIpc) is 3.15.